The fourth-order valence-electron chi connectivity index (χ4n) is 3.08. The minimum atomic E-state index is 0.180. The molecule has 0 fully saturated rings. The summed E-state index contributed by atoms with van der Waals surface area (Å²) >= 11 is 6.04. The zero-order chi connectivity index (χ0) is 20.1. The van der Waals surface area contributed by atoms with Crippen LogP contribution in [-0.4, -0.2) is 25.2 Å². The molecule has 0 saturated heterocycles. The number of ether oxygens (including phenoxy) is 1. The van der Waals surface area contributed by atoms with E-state index in [-0.39, 0.29) is 6.10 Å². The number of anilines is 1. The third-order valence-corrected chi connectivity index (χ3v) is 4.78. The van der Waals surface area contributed by atoms with Gasteiger partial charge in [0.2, 0.25) is 0 Å². The van der Waals surface area contributed by atoms with E-state index >= 15 is 0 Å². The number of benzene rings is 2. The Morgan fingerprint density at radius 1 is 0.893 bits per heavy atom. The molecule has 0 bridgehead atoms. The zero-order valence-electron chi connectivity index (χ0n) is 16.9. The topological polar surface area (TPSA) is 25.4 Å². The van der Waals surface area contributed by atoms with Crippen LogP contribution >= 0.6 is 11.6 Å². The summed E-state index contributed by atoms with van der Waals surface area (Å²) in [4.78, 5) is 6.66. The molecule has 0 aliphatic carbocycles. The van der Waals surface area contributed by atoms with Crippen molar-refractivity contribution in [3.8, 4) is 5.75 Å². The molecule has 0 unspecified atom stereocenters. The lowest BCUT2D eigenvalue weighted by atomic mass is 9.96. The van der Waals surface area contributed by atoms with Crippen molar-refractivity contribution in [2.24, 2.45) is 0 Å². The highest BCUT2D eigenvalue weighted by Crippen LogP contribution is 2.23. The highest BCUT2D eigenvalue weighted by Gasteiger charge is 2.09. The predicted octanol–water partition coefficient (Wildman–Crippen LogP) is 5.77. The average Bonchev–Trinajstić information content (AvgIpc) is 2.66. The van der Waals surface area contributed by atoms with Gasteiger partial charge in [-0.25, -0.2) is 4.98 Å². The highest BCUT2D eigenvalue weighted by molar-refractivity contribution is 6.30. The number of pyridine rings is 1. The monoisotopic (exact) mass is 394 g/mol. The summed E-state index contributed by atoms with van der Waals surface area (Å²) in [7, 11) is 4.03. The van der Waals surface area contributed by atoms with Gasteiger partial charge in [0.25, 0.3) is 0 Å². The molecule has 1 aromatic heterocycles. The van der Waals surface area contributed by atoms with Crippen LogP contribution in [0, 0.1) is 0 Å². The van der Waals surface area contributed by atoms with Gasteiger partial charge in [0.15, 0.2) is 0 Å². The standard InChI is InChI=1S/C24H27ClN2O/c1-17(2)28-23-11-7-19(8-12-23)14-21-16-26-24(27(3)4)15-20(21)13-18-5-9-22(25)10-6-18/h5-12,15-17H,13-14H2,1-4H3. The van der Waals surface area contributed by atoms with Gasteiger partial charge in [-0.1, -0.05) is 35.9 Å². The molecule has 146 valence electrons. The fourth-order valence-corrected chi connectivity index (χ4v) is 3.21. The minimum absolute atomic E-state index is 0.180. The zero-order valence-corrected chi connectivity index (χ0v) is 17.7. The molecular formula is C24H27ClN2O. The number of rotatable bonds is 7. The van der Waals surface area contributed by atoms with Crippen LogP contribution in [-0.2, 0) is 12.8 Å². The van der Waals surface area contributed by atoms with Gasteiger partial charge in [-0.3, -0.25) is 0 Å². The molecule has 0 spiro atoms. The van der Waals surface area contributed by atoms with E-state index in [1.165, 1.54) is 22.3 Å². The maximum Gasteiger partial charge on any atom is 0.128 e. The van der Waals surface area contributed by atoms with E-state index in [0.29, 0.717) is 0 Å². The van der Waals surface area contributed by atoms with Crippen molar-refractivity contribution in [2.75, 3.05) is 19.0 Å². The van der Waals surface area contributed by atoms with Crippen LogP contribution in [0.4, 0.5) is 5.82 Å². The molecular weight excluding hydrogens is 368 g/mol. The Morgan fingerprint density at radius 3 is 2.04 bits per heavy atom. The van der Waals surface area contributed by atoms with Crippen LogP contribution in [0.3, 0.4) is 0 Å². The van der Waals surface area contributed by atoms with E-state index < -0.39 is 0 Å². The Bertz CT molecular complexity index is 903. The summed E-state index contributed by atoms with van der Waals surface area (Å²) in [6.45, 7) is 4.07. The van der Waals surface area contributed by atoms with E-state index in [4.69, 9.17) is 16.3 Å². The predicted molar refractivity (Wildman–Crippen MR) is 118 cm³/mol. The van der Waals surface area contributed by atoms with Crippen molar-refractivity contribution >= 4 is 17.4 Å². The van der Waals surface area contributed by atoms with Crippen molar-refractivity contribution in [1.82, 2.24) is 4.98 Å². The van der Waals surface area contributed by atoms with Gasteiger partial charge in [-0.15, -0.1) is 0 Å². The van der Waals surface area contributed by atoms with Crippen molar-refractivity contribution < 1.29 is 4.74 Å². The third kappa shape index (κ3) is 5.49. The van der Waals surface area contributed by atoms with E-state index in [1.807, 2.05) is 63.3 Å². The normalized spacial score (nSPS) is 10.9. The van der Waals surface area contributed by atoms with Gasteiger partial charge in [0.1, 0.15) is 11.6 Å². The van der Waals surface area contributed by atoms with Gasteiger partial charge >= 0.3 is 0 Å². The molecule has 28 heavy (non-hydrogen) atoms. The summed E-state index contributed by atoms with van der Waals surface area (Å²) < 4.78 is 5.75. The van der Waals surface area contributed by atoms with Gasteiger partial charge in [0, 0.05) is 25.3 Å². The second kappa shape index (κ2) is 9.11. The van der Waals surface area contributed by atoms with Crippen LogP contribution in [0.1, 0.15) is 36.1 Å². The first-order valence-electron chi connectivity index (χ1n) is 9.56. The summed E-state index contributed by atoms with van der Waals surface area (Å²) in [5, 5.41) is 0.761. The number of hydrogen-bond acceptors (Lipinski definition) is 3. The van der Waals surface area contributed by atoms with Gasteiger partial charge < -0.3 is 9.64 Å². The Kier molecular flexibility index (Phi) is 6.58. The molecule has 0 saturated carbocycles. The lowest BCUT2D eigenvalue weighted by Crippen LogP contribution is -2.12. The van der Waals surface area contributed by atoms with E-state index in [2.05, 4.69) is 35.3 Å². The van der Waals surface area contributed by atoms with E-state index in [1.54, 1.807) is 0 Å². The number of halogens is 1. The molecule has 0 N–H and O–H groups in total. The Hall–Kier alpha value is -2.52. The minimum Gasteiger partial charge on any atom is -0.491 e. The van der Waals surface area contributed by atoms with Crippen LogP contribution in [0.5, 0.6) is 5.75 Å². The van der Waals surface area contributed by atoms with Crippen LogP contribution in [0.25, 0.3) is 0 Å². The van der Waals surface area contributed by atoms with Crippen LogP contribution in [0.2, 0.25) is 5.02 Å². The molecule has 3 aromatic rings. The average molecular weight is 395 g/mol. The quantitative estimate of drug-likeness (QED) is 0.508. The smallest absolute Gasteiger partial charge is 0.128 e. The van der Waals surface area contributed by atoms with Crippen molar-refractivity contribution in [1.29, 1.82) is 0 Å². The first kappa shape index (κ1) is 20.2. The first-order chi connectivity index (χ1) is 13.4. The summed E-state index contributed by atoms with van der Waals surface area (Å²) in [6, 6.07) is 18.6. The molecule has 2 aromatic carbocycles. The second-order valence-electron chi connectivity index (χ2n) is 7.50. The fraction of sp³-hybridized carbons (Fsp3) is 0.292. The summed E-state index contributed by atoms with van der Waals surface area (Å²) in [6.07, 6.45) is 3.87. The highest BCUT2D eigenvalue weighted by atomic mass is 35.5. The molecule has 0 aliphatic heterocycles. The van der Waals surface area contributed by atoms with Gasteiger partial charge in [-0.2, -0.15) is 0 Å². The first-order valence-corrected chi connectivity index (χ1v) is 9.93. The number of hydrogen-bond donors (Lipinski definition) is 0. The molecule has 1 heterocycles. The molecule has 0 amide bonds. The molecule has 3 rings (SSSR count). The Labute approximate surface area is 172 Å². The van der Waals surface area contributed by atoms with E-state index in [0.717, 1.165) is 29.4 Å². The maximum absolute atomic E-state index is 6.04. The second-order valence-corrected chi connectivity index (χ2v) is 7.93. The Morgan fingerprint density at radius 2 is 1.46 bits per heavy atom. The van der Waals surface area contributed by atoms with Gasteiger partial charge in [0.05, 0.1) is 6.10 Å². The van der Waals surface area contributed by atoms with Gasteiger partial charge in [-0.05, 0) is 79.3 Å². The summed E-state index contributed by atoms with van der Waals surface area (Å²) in [5.74, 6) is 1.87. The van der Waals surface area contributed by atoms with Crippen LogP contribution in [0.15, 0.2) is 60.8 Å². The SMILES string of the molecule is CC(C)Oc1ccc(Cc2cnc(N(C)C)cc2Cc2ccc(Cl)cc2)cc1. The molecule has 4 heteroatoms. The lowest BCUT2D eigenvalue weighted by molar-refractivity contribution is 0.242. The lowest BCUT2D eigenvalue weighted by Gasteiger charge is -2.16. The number of nitrogens with zero attached hydrogens (tertiary/aromatic N) is 2. The molecule has 0 aliphatic rings. The maximum atomic E-state index is 6.04. The Balaban J connectivity index is 1.85. The van der Waals surface area contributed by atoms with Crippen molar-refractivity contribution in [3.05, 3.63) is 88.1 Å². The third-order valence-electron chi connectivity index (χ3n) is 4.52. The van der Waals surface area contributed by atoms with E-state index in [9.17, 15) is 0 Å². The molecule has 0 atom stereocenters. The van der Waals surface area contributed by atoms with Crippen LogP contribution < -0.4 is 9.64 Å². The number of aromatic nitrogens is 1. The summed E-state index contributed by atoms with van der Waals surface area (Å²) in [5.41, 5.74) is 5.00. The van der Waals surface area contributed by atoms with Crippen molar-refractivity contribution in [3.63, 3.8) is 0 Å². The molecule has 0 radical (unpaired) electrons. The largest absolute Gasteiger partial charge is 0.491 e. The molecule has 3 nitrogen and oxygen atoms in total. The van der Waals surface area contributed by atoms with Crippen molar-refractivity contribution in [2.45, 2.75) is 32.8 Å².